The van der Waals surface area contributed by atoms with Crippen molar-refractivity contribution >= 4 is 24.0 Å². The van der Waals surface area contributed by atoms with Crippen molar-refractivity contribution in [1.29, 1.82) is 0 Å². The molecule has 0 aliphatic carbocycles. The van der Waals surface area contributed by atoms with E-state index < -0.39 is 0 Å². The first-order valence-electron chi connectivity index (χ1n) is 9.03. The van der Waals surface area contributed by atoms with Crippen molar-refractivity contribution in [3.8, 4) is 5.75 Å². The Balaban J connectivity index is 1.72. The fourth-order valence-electron chi connectivity index (χ4n) is 2.63. The van der Waals surface area contributed by atoms with Crippen LogP contribution in [-0.2, 0) is 17.9 Å². The molecule has 5 nitrogen and oxygen atoms in total. The zero-order valence-electron chi connectivity index (χ0n) is 15.6. The predicted molar refractivity (Wildman–Crippen MR) is 114 cm³/mol. The quantitative estimate of drug-likeness (QED) is 0.313. The van der Waals surface area contributed by atoms with Crippen LogP contribution in [-0.4, -0.2) is 22.8 Å². The molecule has 146 valence electrons. The van der Waals surface area contributed by atoms with Crippen LogP contribution in [0.3, 0.4) is 0 Å². The van der Waals surface area contributed by atoms with E-state index >= 15 is 0 Å². The Bertz CT molecular complexity index is 1000. The minimum absolute atomic E-state index is 0.144. The molecule has 3 aromatic rings. The molecular formula is C21H22N2O3S2. The fraction of sp³-hybridized carbons (Fsp3) is 0.238. The average molecular weight is 415 g/mol. The molecule has 3 rings (SSSR count). The Morgan fingerprint density at radius 2 is 1.71 bits per heavy atom. The molecule has 7 heteroatoms. The van der Waals surface area contributed by atoms with Crippen LogP contribution >= 0.6 is 24.0 Å². The Labute approximate surface area is 173 Å². The Morgan fingerprint density at radius 1 is 1.04 bits per heavy atom. The van der Waals surface area contributed by atoms with Crippen LogP contribution in [0.15, 0.2) is 75.4 Å². The van der Waals surface area contributed by atoms with E-state index in [0.717, 1.165) is 15.7 Å². The highest BCUT2D eigenvalue weighted by atomic mass is 32.2. The molecule has 0 saturated carbocycles. The summed E-state index contributed by atoms with van der Waals surface area (Å²) in [5, 5.41) is 0.812. The number of benzene rings is 2. The molecule has 0 fully saturated rings. The van der Waals surface area contributed by atoms with Crippen molar-refractivity contribution in [2.75, 3.05) is 13.2 Å². The third-order valence-electron chi connectivity index (χ3n) is 4.01. The normalized spacial score (nSPS) is 10.8. The molecule has 2 aromatic carbocycles. The lowest BCUT2D eigenvalue weighted by molar-refractivity contribution is 0.0476. The first kappa shape index (κ1) is 20.4. The summed E-state index contributed by atoms with van der Waals surface area (Å²) in [5.41, 5.74) is 0.557. The average Bonchev–Trinajstić information content (AvgIpc) is 2.71. The molecular weight excluding hydrogens is 392 g/mol. The van der Waals surface area contributed by atoms with Gasteiger partial charge in [-0.15, -0.1) is 0 Å². The van der Waals surface area contributed by atoms with Crippen molar-refractivity contribution < 1.29 is 9.47 Å². The van der Waals surface area contributed by atoms with Crippen molar-refractivity contribution in [2.45, 2.75) is 30.0 Å². The summed E-state index contributed by atoms with van der Waals surface area (Å²) in [6.45, 7) is 3.05. The zero-order valence-corrected chi connectivity index (χ0v) is 17.2. The second kappa shape index (κ2) is 10.3. The summed E-state index contributed by atoms with van der Waals surface area (Å²) in [4.78, 5) is 16.1. The van der Waals surface area contributed by atoms with Gasteiger partial charge in [-0.05, 0) is 42.9 Å². The van der Waals surface area contributed by atoms with Crippen molar-refractivity contribution in [3.05, 3.63) is 81.4 Å². The van der Waals surface area contributed by atoms with E-state index in [9.17, 15) is 4.79 Å². The lowest BCUT2D eigenvalue weighted by Crippen LogP contribution is -2.22. The summed E-state index contributed by atoms with van der Waals surface area (Å²) in [6.07, 6.45) is 0.608. The number of aromatic amines is 1. The van der Waals surface area contributed by atoms with Gasteiger partial charge >= 0.3 is 0 Å². The van der Waals surface area contributed by atoms with Gasteiger partial charge in [0.1, 0.15) is 19.1 Å². The summed E-state index contributed by atoms with van der Waals surface area (Å²) in [6, 6.07) is 19.5. The summed E-state index contributed by atoms with van der Waals surface area (Å²) in [7, 11) is 0. The van der Waals surface area contributed by atoms with Gasteiger partial charge < -0.3 is 9.47 Å². The van der Waals surface area contributed by atoms with Crippen LogP contribution in [0.5, 0.6) is 5.75 Å². The first-order chi connectivity index (χ1) is 13.7. The van der Waals surface area contributed by atoms with Gasteiger partial charge in [-0.25, -0.2) is 0 Å². The number of nitrogens with zero attached hydrogens (tertiary/aromatic N) is 1. The highest BCUT2D eigenvalue weighted by Crippen LogP contribution is 2.29. The molecule has 0 amide bonds. The van der Waals surface area contributed by atoms with Crippen LogP contribution in [0.4, 0.5) is 0 Å². The number of H-pyrrole nitrogens is 1. The number of aromatic nitrogens is 2. The highest BCUT2D eigenvalue weighted by Gasteiger charge is 2.14. The lowest BCUT2D eigenvalue weighted by Gasteiger charge is -2.16. The van der Waals surface area contributed by atoms with E-state index in [2.05, 4.69) is 4.98 Å². The first-order valence-corrected chi connectivity index (χ1v) is 10.3. The molecule has 0 saturated heterocycles. The van der Waals surface area contributed by atoms with E-state index in [1.165, 1.54) is 11.8 Å². The highest BCUT2D eigenvalue weighted by molar-refractivity contribution is 7.99. The number of ether oxygens (including phenoxy) is 2. The molecule has 1 N–H and O–H groups in total. The standard InChI is InChI=1S/C21H22N2O3S2/c1-2-18-19(24)22-21(27)23(20(18)28-17-11-7-4-8-12-17)15-25-13-14-26-16-9-5-3-6-10-16/h3-12H,2,13-15H2,1H3,(H,22,24,27). The van der Waals surface area contributed by atoms with Crippen molar-refractivity contribution in [3.63, 3.8) is 0 Å². The Morgan fingerprint density at radius 3 is 2.39 bits per heavy atom. The summed E-state index contributed by atoms with van der Waals surface area (Å²) >= 11 is 6.91. The van der Waals surface area contributed by atoms with Gasteiger partial charge in [-0.3, -0.25) is 14.3 Å². The second-order valence-corrected chi connectivity index (χ2v) is 7.39. The number of rotatable bonds is 9. The molecule has 1 heterocycles. The maximum atomic E-state index is 12.4. The smallest absolute Gasteiger partial charge is 0.255 e. The number of hydrogen-bond donors (Lipinski definition) is 1. The third kappa shape index (κ3) is 5.34. The summed E-state index contributed by atoms with van der Waals surface area (Å²) in [5.74, 6) is 0.806. The van der Waals surface area contributed by atoms with Gasteiger partial charge in [-0.2, -0.15) is 0 Å². The lowest BCUT2D eigenvalue weighted by atomic mass is 10.2. The number of hydrogen-bond acceptors (Lipinski definition) is 5. The van der Waals surface area contributed by atoms with Crippen LogP contribution < -0.4 is 10.3 Å². The largest absolute Gasteiger partial charge is 0.491 e. The van der Waals surface area contributed by atoms with E-state index in [0.29, 0.717) is 30.0 Å². The molecule has 28 heavy (non-hydrogen) atoms. The minimum atomic E-state index is -0.144. The molecule has 0 atom stereocenters. The van der Waals surface area contributed by atoms with Crippen LogP contribution in [0.2, 0.25) is 0 Å². The van der Waals surface area contributed by atoms with Gasteiger partial charge in [-0.1, -0.05) is 55.1 Å². The van der Waals surface area contributed by atoms with Crippen molar-refractivity contribution in [2.24, 2.45) is 0 Å². The molecule has 0 spiro atoms. The minimum Gasteiger partial charge on any atom is -0.491 e. The van der Waals surface area contributed by atoms with Crippen LogP contribution in [0, 0.1) is 4.77 Å². The predicted octanol–water partition coefficient (Wildman–Crippen LogP) is 4.67. The fourth-order valence-corrected chi connectivity index (χ4v) is 4.05. The van der Waals surface area contributed by atoms with Gasteiger partial charge in [0, 0.05) is 10.5 Å². The van der Waals surface area contributed by atoms with E-state index in [4.69, 9.17) is 21.7 Å². The van der Waals surface area contributed by atoms with Crippen LogP contribution in [0.1, 0.15) is 12.5 Å². The van der Waals surface area contributed by atoms with E-state index in [-0.39, 0.29) is 12.3 Å². The number of para-hydroxylation sites is 1. The molecule has 0 unspecified atom stereocenters. The van der Waals surface area contributed by atoms with E-state index in [1.54, 1.807) is 0 Å². The maximum Gasteiger partial charge on any atom is 0.255 e. The van der Waals surface area contributed by atoms with Gasteiger partial charge in [0.05, 0.1) is 11.6 Å². The zero-order chi connectivity index (χ0) is 19.8. The molecule has 0 bridgehead atoms. The van der Waals surface area contributed by atoms with Crippen molar-refractivity contribution in [1.82, 2.24) is 9.55 Å². The monoisotopic (exact) mass is 414 g/mol. The molecule has 0 radical (unpaired) electrons. The maximum absolute atomic E-state index is 12.4. The van der Waals surface area contributed by atoms with Gasteiger partial charge in [0.25, 0.3) is 5.56 Å². The third-order valence-corrected chi connectivity index (χ3v) is 5.50. The van der Waals surface area contributed by atoms with E-state index in [1.807, 2.05) is 72.2 Å². The SMILES string of the molecule is CCc1c(Sc2ccccc2)n(COCCOc2ccccc2)c(=S)[nH]c1=O. The second-order valence-electron chi connectivity index (χ2n) is 5.94. The molecule has 0 aliphatic heterocycles. The van der Waals surface area contributed by atoms with Crippen LogP contribution in [0.25, 0.3) is 0 Å². The topological polar surface area (TPSA) is 56.2 Å². The van der Waals surface area contributed by atoms with Gasteiger partial charge in [0.15, 0.2) is 4.77 Å². The van der Waals surface area contributed by atoms with Gasteiger partial charge in [0.2, 0.25) is 0 Å². The Kier molecular flexibility index (Phi) is 7.47. The summed E-state index contributed by atoms with van der Waals surface area (Å²) < 4.78 is 13.6. The Hall–Kier alpha value is -2.35. The number of nitrogens with one attached hydrogen (secondary N) is 1. The molecule has 0 aliphatic rings. The molecule has 1 aromatic heterocycles.